The van der Waals surface area contributed by atoms with Gasteiger partial charge in [-0.05, 0) is 65.2 Å². The van der Waals surface area contributed by atoms with Gasteiger partial charge in [-0.25, -0.2) is 5.01 Å². The van der Waals surface area contributed by atoms with Crippen LogP contribution < -0.4 is 5.32 Å². The SMILES string of the molecule is CNC(c1ccccc1)N1C(c2ccccc2)[N@@]1Cc1cccc(-n2c3ccc(-c4ccccc4)cc3c3ccc4c5ccccc5sc4c32)c1. The van der Waals surface area contributed by atoms with E-state index >= 15 is 0 Å². The highest BCUT2D eigenvalue weighted by Crippen LogP contribution is 2.48. The highest BCUT2D eigenvalue weighted by atomic mass is 32.1. The number of nitrogens with zero attached hydrogens (tertiary/aromatic N) is 3. The molecule has 3 unspecified atom stereocenters. The van der Waals surface area contributed by atoms with Crippen molar-refractivity contribution < 1.29 is 0 Å². The molecule has 51 heavy (non-hydrogen) atoms. The van der Waals surface area contributed by atoms with E-state index in [9.17, 15) is 0 Å². The normalized spacial score (nSPS) is 17.8. The van der Waals surface area contributed by atoms with Crippen molar-refractivity contribution in [2.45, 2.75) is 18.9 Å². The van der Waals surface area contributed by atoms with Gasteiger partial charge in [-0.15, -0.1) is 11.3 Å². The Bertz CT molecular complexity index is 2680. The molecule has 2 aromatic heterocycles. The molecule has 1 aliphatic heterocycles. The molecular formula is C46H36N4S. The fourth-order valence-electron chi connectivity index (χ4n) is 8.06. The predicted molar refractivity (Wildman–Crippen MR) is 214 cm³/mol. The van der Waals surface area contributed by atoms with Crippen LogP contribution in [0.15, 0.2) is 170 Å². The van der Waals surface area contributed by atoms with Crippen molar-refractivity contribution in [2.75, 3.05) is 7.05 Å². The summed E-state index contributed by atoms with van der Waals surface area (Å²) in [5.41, 5.74) is 9.98. The van der Waals surface area contributed by atoms with Crippen molar-refractivity contribution in [3.05, 3.63) is 187 Å². The third-order valence-corrected chi connectivity index (χ3v) is 11.6. The molecule has 0 bridgehead atoms. The number of nitrogens with one attached hydrogen (secondary N) is 1. The number of fused-ring (bicyclic) bond motifs is 7. The predicted octanol–water partition coefficient (Wildman–Crippen LogP) is 11.5. The Hall–Kier alpha value is -5.56. The van der Waals surface area contributed by atoms with Gasteiger partial charge < -0.3 is 4.57 Å². The summed E-state index contributed by atoms with van der Waals surface area (Å²) in [7, 11) is 2.05. The van der Waals surface area contributed by atoms with Crippen molar-refractivity contribution in [1.29, 1.82) is 0 Å². The van der Waals surface area contributed by atoms with Crippen LogP contribution in [0.2, 0.25) is 0 Å². The van der Waals surface area contributed by atoms with Crippen LogP contribution in [0.1, 0.15) is 29.0 Å². The van der Waals surface area contributed by atoms with Crippen molar-refractivity contribution in [1.82, 2.24) is 19.9 Å². The Morgan fingerprint density at radius 1 is 0.608 bits per heavy atom. The molecule has 0 saturated carbocycles. The molecule has 4 nitrogen and oxygen atoms in total. The van der Waals surface area contributed by atoms with Gasteiger partial charge in [0.2, 0.25) is 0 Å². The lowest BCUT2D eigenvalue weighted by Gasteiger charge is -2.19. The molecule has 246 valence electrons. The zero-order valence-electron chi connectivity index (χ0n) is 28.3. The van der Waals surface area contributed by atoms with Gasteiger partial charge >= 0.3 is 0 Å². The number of thiophene rings is 1. The van der Waals surface area contributed by atoms with Gasteiger partial charge in [0.1, 0.15) is 12.3 Å². The van der Waals surface area contributed by atoms with Gasteiger partial charge in [-0.2, -0.15) is 5.01 Å². The maximum Gasteiger partial charge on any atom is 0.117 e. The highest BCUT2D eigenvalue weighted by Gasteiger charge is 2.50. The molecule has 3 heterocycles. The van der Waals surface area contributed by atoms with Crippen LogP contribution >= 0.6 is 11.3 Å². The van der Waals surface area contributed by atoms with E-state index in [0.717, 1.165) is 6.54 Å². The summed E-state index contributed by atoms with van der Waals surface area (Å²) in [6.45, 7) is 0.798. The van der Waals surface area contributed by atoms with Crippen molar-refractivity contribution in [3.8, 4) is 16.8 Å². The molecule has 4 atom stereocenters. The largest absolute Gasteiger partial charge is 0.308 e. The van der Waals surface area contributed by atoms with Gasteiger partial charge in [-0.1, -0.05) is 140 Å². The maximum absolute atomic E-state index is 3.60. The van der Waals surface area contributed by atoms with E-state index in [0.29, 0.717) is 0 Å². The van der Waals surface area contributed by atoms with Gasteiger partial charge in [0, 0.05) is 38.5 Å². The van der Waals surface area contributed by atoms with E-state index in [1.165, 1.54) is 75.5 Å². The second kappa shape index (κ2) is 12.3. The van der Waals surface area contributed by atoms with Crippen molar-refractivity contribution in [3.63, 3.8) is 0 Å². The lowest BCUT2D eigenvalue weighted by atomic mass is 10.0. The van der Waals surface area contributed by atoms with E-state index in [2.05, 4.69) is 197 Å². The fraction of sp³-hybridized carbons (Fsp3) is 0.0870. The third kappa shape index (κ3) is 5.09. The van der Waals surface area contributed by atoms with Crippen LogP contribution in [0.25, 0.3) is 58.8 Å². The molecule has 10 rings (SSSR count). The second-order valence-electron chi connectivity index (χ2n) is 13.4. The monoisotopic (exact) mass is 676 g/mol. The van der Waals surface area contributed by atoms with E-state index < -0.39 is 0 Å². The number of hydrazine groups is 1. The third-order valence-electron chi connectivity index (χ3n) is 10.4. The number of hydrogen-bond donors (Lipinski definition) is 1. The Kier molecular flexibility index (Phi) is 7.33. The molecule has 0 aliphatic carbocycles. The molecule has 0 radical (unpaired) electrons. The average Bonchev–Trinajstić information content (AvgIpc) is 3.58. The summed E-state index contributed by atoms with van der Waals surface area (Å²) in [4.78, 5) is 0. The van der Waals surface area contributed by atoms with Crippen LogP contribution in [0.5, 0.6) is 0 Å². The molecule has 1 aliphatic rings. The maximum atomic E-state index is 3.60. The molecule has 7 aromatic carbocycles. The zero-order valence-corrected chi connectivity index (χ0v) is 29.1. The van der Waals surface area contributed by atoms with E-state index in [1.807, 2.05) is 11.3 Å². The molecule has 9 aromatic rings. The van der Waals surface area contributed by atoms with Crippen molar-refractivity contribution in [2.24, 2.45) is 0 Å². The summed E-state index contributed by atoms with van der Waals surface area (Å²) in [6, 6.07) is 61.9. The Morgan fingerprint density at radius 2 is 1.33 bits per heavy atom. The lowest BCUT2D eigenvalue weighted by Crippen LogP contribution is -2.26. The smallest absolute Gasteiger partial charge is 0.117 e. The molecule has 0 spiro atoms. The van der Waals surface area contributed by atoms with E-state index in [-0.39, 0.29) is 12.3 Å². The topological polar surface area (TPSA) is 23.0 Å². The molecule has 0 amide bonds. The lowest BCUT2D eigenvalue weighted by molar-refractivity contribution is 0.209. The summed E-state index contributed by atoms with van der Waals surface area (Å²) in [5.74, 6) is 0. The minimum absolute atomic E-state index is 0.0666. The molecule has 1 saturated heterocycles. The van der Waals surface area contributed by atoms with E-state index in [4.69, 9.17) is 0 Å². The minimum atomic E-state index is 0.0666. The number of aromatic nitrogens is 1. The molecule has 1 fully saturated rings. The Labute approximate surface area is 301 Å². The van der Waals surface area contributed by atoms with Crippen LogP contribution in [-0.4, -0.2) is 21.6 Å². The summed E-state index contributed by atoms with van der Waals surface area (Å²) < 4.78 is 5.16. The van der Waals surface area contributed by atoms with Crippen LogP contribution in [-0.2, 0) is 6.54 Å². The first-order valence-electron chi connectivity index (χ1n) is 17.6. The van der Waals surface area contributed by atoms with Gasteiger partial charge in [-0.3, -0.25) is 5.32 Å². The van der Waals surface area contributed by atoms with Crippen LogP contribution in [0.3, 0.4) is 0 Å². The Balaban J connectivity index is 1.12. The first-order valence-corrected chi connectivity index (χ1v) is 18.4. The summed E-state index contributed by atoms with van der Waals surface area (Å²) in [6.07, 6.45) is 0.243. The first kappa shape index (κ1) is 30.3. The molecular weight excluding hydrogens is 641 g/mol. The van der Waals surface area contributed by atoms with Crippen LogP contribution in [0, 0.1) is 0 Å². The molecule has 1 N–H and O–H groups in total. The summed E-state index contributed by atoms with van der Waals surface area (Å²) >= 11 is 1.90. The molecule has 5 heteroatoms. The van der Waals surface area contributed by atoms with Gasteiger partial charge in [0.15, 0.2) is 0 Å². The first-order chi connectivity index (χ1) is 25.3. The highest BCUT2D eigenvalue weighted by molar-refractivity contribution is 7.26. The Morgan fingerprint density at radius 3 is 2.14 bits per heavy atom. The van der Waals surface area contributed by atoms with Crippen LogP contribution in [0.4, 0.5) is 0 Å². The second-order valence-corrected chi connectivity index (χ2v) is 14.5. The number of rotatable bonds is 8. The number of benzene rings is 7. The van der Waals surface area contributed by atoms with Gasteiger partial charge in [0.05, 0.1) is 15.7 Å². The van der Waals surface area contributed by atoms with E-state index in [1.54, 1.807) is 0 Å². The average molecular weight is 677 g/mol. The standard InChI is InChI=1S/C46H36N4S/c1-47-45(33-17-7-3-8-18-33)50-46(34-19-9-4-10-20-34)48(50)30-31-14-13-21-36(28-31)49-41-27-24-35(32-15-5-2-6-16-32)29-40(41)38-25-26-39-37-22-11-12-23-42(37)51-44(39)43(38)49/h2-29,45-47H,30H2,1H3/t45?,46?,48-,50?/m1/s1. The minimum Gasteiger partial charge on any atom is -0.308 e. The zero-order chi connectivity index (χ0) is 33.9. The summed E-state index contributed by atoms with van der Waals surface area (Å²) in [5, 5.41) is 13.8. The van der Waals surface area contributed by atoms with Gasteiger partial charge in [0.25, 0.3) is 0 Å². The quantitative estimate of drug-likeness (QED) is 0.162. The number of hydrogen-bond acceptors (Lipinski definition) is 4. The van der Waals surface area contributed by atoms with Crippen molar-refractivity contribution >= 4 is 53.3 Å². The fourth-order valence-corrected chi connectivity index (χ4v) is 9.30.